The van der Waals surface area contributed by atoms with Crippen molar-refractivity contribution >= 4 is 37.6 Å². The van der Waals surface area contributed by atoms with Crippen LogP contribution in [-0.2, 0) is 16.6 Å². The zero-order valence-electron chi connectivity index (χ0n) is 8.13. The average molecular weight is 313 g/mol. The largest absolute Gasteiger partial charge is 0.212 e. The van der Waals surface area contributed by atoms with Gasteiger partial charge in [-0.1, -0.05) is 33.6 Å². The SMILES string of the molecule is CCS(=O)(=O)NCc1ccc(Br)cc1Cl. The van der Waals surface area contributed by atoms with Crippen molar-refractivity contribution < 1.29 is 8.42 Å². The van der Waals surface area contributed by atoms with Crippen molar-refractivity contribution in [1.29, 1.82) is 0 Å². The van der Waals surface area contributed by atoms with Gasteiger partial charge in [0.2, 0.25) is 10.0 Å². The molecule has 6 heteroatoms. The molecule has 15 heavy (non-hydrogen) atoms. The molecule has 0 aliphatic carbocycles. The molecule has 1 aromatic rings. The highest BCUT2D eigenvalue weighted by Crippen LogP contribution is 2.21. The molecule has 0 atom stereocenters. The Labute approximate surface area is 103 Å². The van der Waals surface area contributed by atoms with E-state index in [1.807, 2.05) is 6.07 Å². The molecular formula is C9H11BrClNO2S. The molecule has 0 aliphatic heterocycles. The second kappa shape index (κ2) is 5.30. The first-order chi connectivity index (χ1) is 6.94. The van der Waals surface area contributed by atoms with Gasteiger partial charge < -0.3 is 0 Å². The van der Waals surface area contributed by atoms with Gasteiger partial charge >= 0.3 is 0 Å². The number of benzene rings is 1. The van der Waals surface area contributed by atoms with Gasteiger partial charge in [-0.2, -0.15) is 0 Å². The second-order valence-corrected chi connectivity index (χ2v) is 6.38. The number of hydrogen-bond acceptors (Lipinski definition) is 2. The Bertz CT molecular complexity index is 447. The Morgan fingerprint density at radius 1 is 1.47 bits per heavy atom. The molecule has 0 aromatic heterocycles. The Hall–Kier alpha value is -0.100. The predicted molar refractivity (Wildman–Crippen MR) is 65.5 cm³/mol. The van der Waals surface area contributed by atoms with Crippen molar-refractivity contribution in [3.8, 4) is 0 Å². The van der Waals surface area contributed by atoms with Gasteiger partial charge in [0, 0.05) is 16.0 Å². The lowest BCUT2D eigenvalue weighted by Gasteiger charge is -2.06. The van der Waals surface area contributed by atoms with Gasteiger partial charge in [0.05, 0.1) is 5.75 Å². The predicted octanol–water partition coefficient (Wildman–Crippen LogP) is 2.54. The van der Waals surface area contributed by atoms with Crippen molar-refractivity contribution in [3.63, 3.8) is 0 Å². The van der Waals surface area contributed by atoms with Crippen molar-refractivity contribution in [2.24, 2.45) is 0 Å². The van der Waals surface area contributed by atoms with E-state index in [4.69, 9.17) is 11.6 Å². The van der Waals surface area contributed by atoms with Crippen LogP contribution in [0.25, 0.3) is 0 Å². The quantitative estimate of drug-likeness (QED) is 0.928. The first-order valence-electron chi connectivity index (χ1n) is 4.36. The zero-order chi connectivity index (χ0) is 11.5. The van der Waals surface area contributed by atoms with E-state index in [1.165, 1.54) is 0 Å². The van der Waals surface area contributed by atoms with Crippen LogP contribution in [-0.4, -0.2) is 14.2 Å². The molecule has 84 valence electrons. The maximum absolute atomic E-state index is 11.2. The van der Waals surface area contributed by atoms with E-state index in [-0.39, 0.29) is 12.3 Å². The topological polar surface area (TPSA) is 46.2 Å². The first kappa shape index (κ1) is 13.0. The molecule has 0 aliphatic rings. The molecule has 0 heterocycles. The van der Waals surface area contributed by atoms with Crippen LogP contribution in [0, 0.1) is 0 Å². The van der Waals surface area contributed by atoms with Crippen LogP contribution in [0.3, 0.4) is 0 Å². The molecule has 1 aromatic carbocycles. The molecule has 0 amide bonds. The molecule has 0 saturated carbocycles. The van der Waals surface area contributed by atoms with Gasteiger partial charge in [0.25, 0.3) is 0 Å². The highest BCUT2D eigenvalue weighted by molar-refractivity contribution is 9.10. The van der Waals surface area contributed by atoms with E-state index in [0.29, 0.717) is 5.02 Å². The first-order valence-corrected chi connectivity index (χ1v) is 7.18. The Kier molecular flexibility index (Phi) is 4.58. The summed E-state index contributed by atoms with van der Waals surface area (Å²) < 4.78 is 25.7. The molecular weight excluding hydrogens is 302 g/mol. The van der Waals surface area contributed by atoms with E-state index in [1.54, 1.807) is 19.1 Å². The minimum absolute atomic E-state index is 0.0706. The van der Waals surface area contributed by atoms with Gasteiger partial charge in [-0.3, -0.25) is 0 Å². The minimum Gasteiger partial charge on any atom is -0.212 e. The molecule has 0 saturated heterocycles. The molecule has 0 spiro atoms. The van der Waals surface area contributed by atoms with Gasteiger partial charge in [-0.15, -0.1) is 0 Å². The molecule has 3 nitrogen and oxygen atoms in total. The highest BCUT2D eigenvalue weighted by atomic mass is 79.9. The van der Waals surface area contributed by atoms with Crippen molar-refractivity contribution in [1.82, 2.24) is 4.72 Å². The van der Waals surface area contributed by atoms with Crippen LogP contribution in [0.4, 0.5) is 0 Å². The van der Waals surface area contributed by atoms with Crippen molar-refractivity contribution in [3.05, 3.63) is 33.3 Å². The van der Waals surface area contributed by atoms with Crippen LogP contribution >= 0.6 is 27.5 Å². The normalized spacial score (nSPS) is 11.7. The summed E-state index contributed by atoms with van der Waals surface area (Å²) in [5.41, 5.74) is 0.761. The third-order valence-electron chi connectivity index (χ3n) is 1.88. The summed E-state index contributed by atoms with van der Waals surface area (Å²) in [5, 5.41) is 0.545. The summed E-state index contributed by atoms with van der Waals surface area (Å²) in [4.78, 5) is 0. The monoisotopic (exact) mass is 311 g/mol. The van der Waals surface area contributed by atoms with Gasteiger partial charge in [0.15, 0.2) is 0 Å². The van der Waals surface area contributed by atoms with E-state index in [0.717, 1.165) is 10.0 Å². The Morgan fingerprint density at radius 3 is 2.67 bits per heavy atom. The lowest BCUT2D eigenvalue weighted by atomic mass is 10.2. The van der Waals surface area contributed by atoms with E-state index in [2.05, 4.69) is 20.7 Å². The zero-order valence-corrected chi connectivity index (χ0v) is 11.3. The van der Waals surface area contributed by atoms with E-state index < -0.39 is 10.0 Å². The number of nitrogens with one attached hydrogen (secondary N) is 1. The fourth-order valence-electron chi connectivity index (χ4n) is 0.955. The average Bonchev–Trinajstić information content (AvgIpc) is 2.16. The summed E-state index contributed by atoms with van der Waals surface area (Å²) in [5.74, 6) is 0.0706. The summed E-state index contributed by atoms with van der Waals surface area (Å²) >= 11 is 9.21. The summed E-state index contributed by atoms with van der Waals surface area (Å²) in [6.45, 7) is 1.81. The van der Waals surface area contributed by atoms with Crippen LogP contribution < -0.4 is 4.72 Å². The fourth-order valence-corrected chi connectivity index (χ4v) is 2.27. The molecule has 1 N–H and O–H groups in total. The van der Waals surface area contributed by atoms with Gasteiger partial charge in [0.1, 0.15) is 0 Å². The lowest BCUT2D eigenvalue weighted by Crippen LogP contribution is -2.24. The van der Waals surface area contributed by atoms with Crippen LogP contribution in [0.2, 0.25) is 5.02 Å². The fraction of sp³-hybridized carbons (Fsp3) is 0.333. The summed E-state index contributed by atoms with van der Waals surface area (Å²) in [6, 6.07) is 5.34. The third kappa shape index (κ3) is 4.10. The Morgan fingerprint density at radius 2 is 2.13 bits per heavy atom. The van der Waals surface area contributed by atoms with Crippen LogP contribution in [0.15, 0.2) is 22.7 Å². The summed E-state index contributed by atoms with van der Waals surface area (Å²) in [7, 11) is -3.16. The third-order valence-corrected chi connectivity index (χ3v) is 4.07. The Balaban J connectivity index is 2.74. The number of sulfonamides is 1. The molecule has 0 unspecified atom stereocenters. The molecule has 0 bridgehead atoms. The standard InChI is InChI=1S/C9H11BrClNO2S/c1-2-15(13,14)12-6-7-3-4-8(10)5-9(7)11/h3-5,12H,2,6H2,1H3. The maximum atomic E-state index is 11.2. The number of halogens is 2. The van der Waals surface area contributed by atoms with Crippen LogP contribution in [0.1, 0.15) is 12.5 Å². The van der Waals surface area contributed by atoms with Crippen molar-refractivity contribution in [2.45, 2.75) is 13.5 Å². The molecule has 1 rings (SSSR count). The maximum Gasteiger partial charge on any atom is 0.211 e. The number of rotatable bonds is 4. The van der Waals surface area contributed by atoms with Crippen LogP contribution in [0.5, 0.6) is 0 Å². The van der Waals surface area contributed by atoms with Gasteiger partial charge in [-0.05, 0) is 24.6 Å². The van der Waals surface area contributed by atoms with E-state index >= 15 is 0 Å². The molecule has 0 radical (unpaired) electrons. The summed E-state index contributed by atoms with van der Waals surface area (Å²) in [6.07, 6.45) is 0. The molecule has 0 fully saturated rings. The number of hydrogen-bond donors (Lipinski definition) is 1. The second-order valence-electron chi connectivity index (χ2n) is 2.96. The van der Waals surface area contributed by atoms with Crippen molar-refractivity contribution in [2.75, 3.05) is 5.75 Å². The smallest absolute Gasteiger partial charge is 0.211 e. The lowest BCUT2D eigenvalue weighted by molar-refractivity contribution is 0.582. The highest BCUT2D eigenvalue weighted by Gasteiger charge is 2.07. The van der Waals surface area contributed by atoms with E-state index in [9.17, 15) is 8.42 Å². The van der Waals surface area contributed by atoms with Gasteiger partial charge in [-0.25, -0.2) is 13.1 Å². The minimum atomic E-state index is -3.16.